The maximum absolute atomic E-state index is 4.78. The van der Waals surface area contributed by atoms with Gasteiger partial charge in [-0.15, -0.1) is 11.3 Å². The van der Waals surface area contributed by atoms with Crippen molar-refractivity contribution < 1.29 is 0 Å². The molecule has 0 bridgehead atoms. The largest absolute Gasteiger partial charge is 0.304 e. The van der Waals surface area contributed by atoms with Crippen molar-refractivity contribution in [3.63, 3.8) is 0 Å². The van der Waals surface area contributed by atoms with Gasteiger partial charge in [-0.1, -0.05) is 0 Å². The Bertz CT molecular complexity index is 625. The lowest BCUT2D eigenvalue weighted by Crippen LogP contribution is -2.25. The molecule has 3 heterocycles. The van der Waals surface area contributed by atoms with E-state index in [1.807, 2.05) is 12.3 Å². The number of hydrogen-bond acceptors (Lipinski definition) is 6. The Labute approximate surface area is 136 Å². The van der Waals surface area contributed by atoms with E-state index in [0.717, 1.165) is 42.6 Å². The SMILES string of the molecule is Cc1nc(CN2CCC[C@@H]2c2nccc(CN(C)C)n2)cs1. The van der Waals surface area contributed by atoms with Crippen molar-refractivity contribution in [3.05, 3.63) is 39.9 Å². The fourth-order valence-corrected chi connectivity index (χ4v) is 3.59. The van der Waals surface area contributed by atoms with Gasteiger partial charge in [-0.3, -0.25) is 4.90 Å². The lowest BCUT2D eigenvalue weighted by atomic mass is 10.2. The molecule has 0 radical (unpaired) electrons. The third-order valence-corrected chi connectivity index (χ3v) is 4.73. The van der Waals surface area contributed by atoms with Gasteiger partial charge in [0, 0.05) is 24.7 Å². The van der Waals surface area contributed by atoms with Crippen molar-refractivity contribution in [1.29, 1.82) is 0 Å². The summed E-state index contributed by atoms with van der Waals surface area (Å²) in [5.41, 5.74) is 2.25. The highest BCUT2D eigenvalue weighted by Gasteiger charge is 2.28. The molecule has 0 aliphatic carbocycles. The minimum absolute atomic E-state index is 0.323. The van der Waals surface area contributed by atoms with Crippen molar-refractivity contribution in [1.82, 2.24) is 24.8 Å². The summed E-state index contributed by atoms with van der Waals surface area (Å²) in [6.07, 6.45) is 4.23. The third kappa shape index (κ3) is 3.69. The normalized spacial score (nSPS) is 19.2. The smallest absolute Gasteiger partial charge is 0.145 e. The first-order valence-electron chi connectivity index (χ1n) is 7.73. The van der Waals surface area contributed by atoms with Gasteiger partial charge in [0.15, 0.2) is 0 Å². The molecule has 0 saturated carbocycles. The molecule has 1 fully saturated rings. The average molecular weight is 317 g/mol. The molecule has 22 heavy (non-hydrogen) atoms. The van der Waals surface area contributed by atoms with Crippen molar-refractivity contribution >= 4 is 11.3 Å². The minimum Gasteiger partial charge on any atom is -0.304 e. The van der Waals surface area contributed by atoms with Crippen LogP contribution in [-0.2, 0) is 13.1 Å². The average Bonchev–Trinajstić information content (AvgIpc) is 3.08. The van der Waals surface area contributed by atoms with Crippen molar-refractivity contribution in [2.45, 2.75) is 38.9 Å². The Morgan fingerprint density at radius 1 is 1.32 bits per heavy atom. The van der Waals surface area contributed by atoms with Crippen LogP contribution in [0.15, 0.2) is 17.6 Å². The second kappa shape index (κ2) is 6.81. The fourth-order valence-electron chi connectivity index (χ4n) is 2.98. The molecule has 1 atom stereocenters. The zero-order valence-corrected chi connectivity index (χ0v) is 14.3. The van der Waals surface area contributed by atoms with E-state index < -0.39 is 0 Å². The van der Waals surface area contributed by atoms with Crippen LogP contribution in [0.1, 0.15) is 41.1 Å². The summed E-state index contributed by atoms with van der Waals surface area (Å²) >= 11 is 1.72. The molecule has 1 aliphatic rings. The van der Waals surface area contributed by atoms with Crippen LogP contribution in [0.5, 0.6) is 0 Å². The molecule has 0 amide bonds. The molecular weight excluding hydrogens is 294 g/mol. The molecule has 118 valence electrons. The molecule has 0 N–H and O–H groups in total. The van der Waals surface area contributed by atoms with Crippen LogP contribution < -0.4 is 0 Å². The number of rotatable bonds is 5. The van der Waals surface area contributed by atoms with Gasteiger partial charge in [-0.05, 0) is 46.5 Å². The second-order valence-electron chi connectivity index (χ2n) is 6.13. The maximum Gasteiger partial charge on any atom is 0.145 e. The molecule has 1 saturated heterocycles. The van der Waals surface area contributed by atoms with Crippen molar-refractivity contribution in [3.8, 4) is 0 Å². The van der Waals surface area contributed by atoms with Crippen LogP contribution in [0.25, 0.3) is 0 Å². The zero-order chi connectivity index (χ0) is 15.5. The molecule has 0 spiro atoms. The summed E-state index contributed by atoms with van der Waals surface area (Å²) in [6, 6.07) is 2.33. The highest BCUT2D eigenvalue weighted by molar-refractivity contribution is 7.09. The first-order chi connectivity index (χ1) is 10.6. The number of aryl methyl sites for hydroxylation is 1. The number of thiazole rings is 1. The van der Waals surface area contributed by atoms with Gasteiger partial charge in [0.05, 0.1) is 22.4 Å². The molecule has 3 rings (SSSR count). The Morgan fingerprint density at radius 2 is 2.18 bits per heavy atom. The van der Waals surface area contributed by atoms with E-state index in [-0.39, 0.29) is 0 Å². The number of nitrogens with zero attached hydrogens (tertiary/aromatic N) is 5. The summed E-state index contributed by atoms with van der Waals surface area (Å²) in [6.45, 7) is 4.91. The second-order valence-corrected chi connectivity index (χ2v) is 7.19. The Hall–Kier alpha value is -1.37. The van der Waals surface area contributed by atoms with E-state index in [4.69, 9.17) is 4.98 Å². The molecule has 6 heteroatoms. The Balaban J connectivity index is 1.75. The zero-order valence-electron chi connectivity index (χ0n) is 13.5. The van der Waals surface area contributed by atoms with E-state index >= 15 is 0 Å². The predicted molar refractivity (Wildman–Crippen MR) is 88.7 cm³/mol. The number of aromatic nitrogens is 3. The summed E-state index contributed by atoms with van der Waals surface area (Å²) in [7, 11) is 4.13. The minimum atomic E-state index is 0.323. The van der Waals surface area contributed by atoms with E-state index in [9.17, 15) is 0 Å². The van der Waals surface area contributed by atoms with Crippen molar-refractivity contribution in [2.75, 3.05) is 20.6 Å². The highest BCUT2D eigenvalue weighted by atomic mass is 32.1. The topological polar surface area (TPSA) is 45.2 Å². The maximum atomic E-state index is 4.78. The van der Waals surface area contributed by atoms with E-state index in [1.165, 1.54) is 12.1 Å². The molecule has 5 nitrogen and oxygen atoms in total. The molecule has 0 unspecified atom stereocenters. The van der Waals surface area contributed by atoms with Gasteiger partial charge >= 0.3 is 0 Å². The summed E-state index contributed by atoms with van der Waals surface area (Å²) < 4.78 is 0. The predicted octanol–water partition coefficient (Wildman–Crippen LogP) is 2.64. The van der Waals surface area contributed by atoms with Crippen LogP contribution >= 0.6 is 11.3 Å². The summed E-state index contributed by atoms with van der Waals surface area (Å²) in [5, 5.41) is 3.29. The van der Waals surface area contributed by atoms with E-state index in [2.05, 4.69) is 46.2 Å². The third-order valence-electron chi connectivity index (χ3n) is 3.90. The standard InChI is InChI=1S/C16H23N5S/c1-12-18-14(11-22-12)10-21-8-4-5-15(21)16-17-7-6-13(19-16)9-20(2)3/h6-7,11,15H,4-5,8-10H2,1-3H3/t15-/m1/s1. The lowest BCUT2D eigenvalue weighted by molar-refractivity contribution is 0.236. The molecule has 1 aliphatic heterocycles. The van der Waals surface area contributed by atoms with Crippen LogP contribution in [0.4, 0.5) is 0 Å². The van der Waals surface area contributed by atoms with Gasteiger partial charge in [0.25, 0.3) is 0 Å². The van der Waals surface area contributed by atoms with Crippen LogP contribution in [-0.4, -0.2) is 45.4 Å². The summed E-state index contributed by atoms with van der Waals surface area (Å²) in [4.78, 5) is 18.5. The molecule has 0 aromatic carbocycles. The molecule has 2 aromatic rings. The van der Waals surface area contributed by atoms with Gasteiger partial charge in [0.1, 0.15) is 5.82 Å². The first-order valence-corrected chi connectivity index (χ1v) is 8.61. The lowest BCUT2D eigenvalue weighted by Gasteiger charge is -2.22. The number of likely N-dealkylation sites (tertiary alicyclic amines) is 1. The summed E-state index contributed by atoms with van der Waals surface area (Å²) in [5.74, 6) is 0.962. The van der Waals surface area contributed by atoms with Crippen LogP contribution in [0, 0.1) is 6.92 Å². The quantitative estimate of drug-likeness (QED) is 0.848. The molecular formula is C16H23N5S. The highest BCUT2D eigenvalue weighted by Crippen LogP contribution is 2.31. The first kappa shape index (κ1) is 15.5. The number of hydrogen-bond donors (Lipinski definition) is 0. The Kier molecular flexibility index (Phi) is 4.81. The van der Waals surface area contributed by atoms with Gasteiger partial charge < -0.3 is 4.90 Å². The van der Waals surface area contributed by atoms with Crippen LogP contribution in [0.2, 0.25) is 0 Å². The Morgan fingerprint density at radius 3 is 2.91 bits per heavy atom. The monoisotopic (exact) mass is 317 g/mol. The van der Waals surface area contributed by atoms with Gasteiger partial charge in [-0.25, -0.2) is 15.0 Å². The van der Waals surface area contributed by atoms with Crippen molar-refractivity contribution in [2.24, 2.45) is 0 Å². The van der Waals surface area contributed by atoms with Crippen LogP contribution in [0.3, 0.4) is 0 Å². The van der Waals surface area contributed by atoms with Gasteiger partial charge in [0.2, 0.25) is 0 Å². The van der Waals surface area contributed by atoms with E-state index in [0.29, 0.717) is 6.04 Å². The molecule has 2 aromatic heterocycles. The van der Waals surface area contributed by atoms with Gasteiger partial charge in [-0.2, -0.15) is 0 Å². The van der Waals surface area contributed by atoms with E-state index in [1.54, 1.807) is 11.3 Å². The fraction of sp³-hybridized carbons (Fsp3) is 0.562.